The summed E-state index contributed by atoms with van der Waals surface area (Å²) in [5.74, 6) is -1.21. The van der Waals surface area contributed by atoms with Crippen molar-refractivity contribution in [2.24, 2.45) is 0 Å². The fourth-order valence-electron chi connectivity index (χ4n) is 5.75. The van der Waals surface area contributed by atoms with Gasteiger partial charge in [0.25, 0.3) is 0 Å². The van der Waals surface area contributed by atoms with Gasteiger partial charge >= 0.3 is 11.9 Å². The maximum atomic E-state index is 11.5. The molecule has 16 nitrogen and oxygen atoms in total. The molecule has 0 aliphatic rings. The molecule has 0 aromatic carbocycles. The Kier molecular flexibility index (Phi) is 54.2. The van der Waals surface area contributed by atoms with E-state index in [1.165, 1.54) is 83.5 Å². The smallest absolute Gasteiger partial charge is 0.305 e. The first-order valence-corrected chi connectivity index (χ1v) is 24.0. The highest BCUT2D eigenvalue weighted by molar-refractivity contribution is 5.69. The molecular formula is C46H90O16. The molecule has 0 unspecified atom stereocenters. The quantitative estimate of drug-likeness (QED) is 0.0495. The van der Waals surface area contributed by atoms with E-state index in [2.05, 4.69) is 6.92 Å². The van der Waals surface area contributed by atoms with Crippen LogP contribution < -0.4 is 0 Å². The van der Waals surface area contributed by atoms with E-state index in [4.69, 9.17) is 66.7 Å². The van der Waals surface area contributed by atoms with Crippen molar-refractivity contribution in [1.82, 2.24) is 0 Å². The van der Waals surface area contributed by atoms with Crippen LogP contribution in [0.1, 0.15) is 122 Å². The van der Waals surface area contributed by atoms with Gasteiger partial charge < -0.3 is 66.7 Å². The molecule has 370 valence electrons. The van der Waals surface area contributed by atoms with Crippen molar-refractivity contribution in [3.8, 4) is 0 Å². The molecule has 0 aliphatic heterocycles. The van der Waals surface area contributed by atoms with Gasteiger partial charge in [0.2, 0.25) is 0 Å². The van der Waals surface area contributed by atoms with Gasteiger partial charge in [0.05, 0.1) is 152 Å². The van der Waals surface area contributed by atoms with Crippen LogP contribution in [-0.2, 0) is 71.2 Å². The van der Waals surface area contributed by atoms with Crippen LogP contribution in [0.2, 0.25) is 0 Å². The van der Waals surface area contributed by atoms with Crippen molar-refractivity contribution in [2.45, 2.75) is 122 Å². The van der Waals surface area contributed by atoms with Crippen molar-refractivity contribution in [2.75, 3.05) is 165 Å². The number of unbranched alkanes of at least 4 members (excludes halogenated alkanes) is 14. The fourth-order valence-corrected chi connectivity index (χ4v) is 5.75. The van der Waals surface area contributed by atoms with E-state index in [-0.39, 0.29) is 32.0 Å². The first-order valence-electron chi connectivity index (χ1n) is 24.0. The highest BCUT2D eigenvalue weighted by Gasteiger charge is 2.04. The molecule has 0 saturated heterocycles. The third-order valence-corrected chi connectivity index (χ3v) is 9.25. The number of hydrogen-bond acceptors (Lipinski definition) is 15. The minimum Gasteiger partial charge on any atom is -0.481 e. The molecule has 0 aromatic heterocycles. The molecule has 16 heteroatoms. The molecule has 0 saturated carbocycles. The van der Waals surface area contributed by atoms with Gasteiger partial charge in [-0.05, 0) is 19.3 Å². The van der Waals surface area contributed by atoms with Crippen LogP contribution in [0.4, 0.5) is 0 Å². The Hall–Kier alpha value is -1.54. The zero-order valence-corrected chi connectivity index (χ0v) is 39.0. The monoisotopic (exact) mass is 899 g/mol. The van der Waals surface area contributed by atoms with Crippen LogP contribution in [0.25, 0.3) is 0 Å². The summed E-state index contributed by atoms with van der Waals surface area (Å²) < 4.78 is 71.1. The Morgan fingerprint density at radius 1 is 0.274 bits per heavy atom. The van der Waals surface area contributed by atoms with Crippen LogP contribution in [0.15, 0.2) is 0 Å². The predicted molar refractivity (Wildman–Crippen MR) is 237 cm³/mol. The Morgan fingerprint density at radius 2 is 0.500 bits per heavy atom. The molecule has 0 heterocycles. The highest BCUT2D eigenvalue weighted by atomic mass is 16.6. The number of rotatable bonds is 56. The first-order chi connectivity index (χ1) is 30.7. The summed E-state index contributed by atoms with van der Waals surface area (Å²) in [6.07, 6.45) is 20.4. The molecule has 0 amide bonds. The van der Waals surface area contributed by atoms with E-state index in [1.54, 1.807) is 0 Å². The molecule has 0 radical (unpaired) electrons. The molecule has 0 fully saturated rings. The second kappa shape index (κ2) is 55.6. The molecular weight excluding hydrogens is 808 g/mol. The minimum atomic E-state index is -0.862. The molecule has 0 spiro atoms. The standard InChI is InChI=1S/C46H90O16/c1-2-3-4-5-6-7-8-9-10-11-12-13-14-17-20-50-21-22-51-23-24-52-25-26-53-27-28-54-29-30-55-31-32-56-33-34-57-35-36-58-37-38-59-39-40-60-41-42-61-43-44-62-46(49)19-16-15-18-45(47)48/h2-44H2,1H3,(H,47,48). The summed E-state index contributed by atoms with van der Waals surface area (Å²) in [6.45, 7) is 14.5. The number of carbonyl (C=O) groups is 2. The molecule has 0 aliphatic carbocycles. The number of carboxylic acids is 1. The van der Waals surface area contributed by atoms with Gasteiger partial charge in [-0.2, -0.15) is 0 Å². The second-order valence-electron chi connectivity index (χ2n) is 14.8. The number of carbonyl (C=O) groups excluding carboxylic acids is 1. The van der Waals surface area contributed by atoms with Crippen LogP contribution in [0.3, 0.4) is 0 Å². The zero-order chi connectivity index (χ0) is 44.8. The van der Waals surface area contributed by atoms with Crippen molar-refractivity contribution >= 4 is 11.9 Å². The zero-order valence-electron chi connectivity index (χ0n) is 39.0. The molecule has 1 N–H and O–H groups in total. The Balaban J connectivity index is 3.09. The van der Waals surface area contributed by atoms with Gasteiger partial charge in [0.1, 0.15) is 6.61 Å². The van der Waals surface area contributed by atoms with Gasteiger partial charge in [0.15, 0.2) is 0 Å². The summed E-state index contributed by atoms with van der Waals surface area (Å²) in [5.41, 5.74) is 0. The lowest BCUT2D eigenvalue weighted by Crippen LogP contribution is -2.15. The lowest BCUT2D eigenvalue weighted by Gasteiger charge is -2.09. The van der Waals surface area contributed by atoms with E-state index in [0.717, 1.165) is 13.0 Å². The van der Waals surface area contributed by atoms with Crippen molar-refractivity contribution < 1.29 is 76.3 Å². The molecule has 0 rings (SSSR count). The van der Waals surface area contributed by atoms with Crippen LogP contribution in [0.5, 0.6) is 0 Å². The SMILES string of the molecule is CCCCCCCCCCCCCCCCOCCOCCOCCOCCOCCOCCOCCOCCOCCOCCOCCOCCOC(=O)CCCCC(=O)O. The second-order valence-corrected chi connectivity index (χ2v) is 14.8. The number of esters is 1. The molecule has 0 atom stereocenters. The highest BCUT2D eigenvalue weighted by Crippen LogP contribution is 2.13. The third-order valence-electron chi connectivity index (χ3n) is 9.25. The van der Waals surface area contributed by atoms with E-state index in [0.29, 0.717) is 158 Å². The van der Waals surface area contributed by atoms with Gasteiger partial charge in [-0.25, -0.2) is 0 Å². The normalized spacial score (nSPS) is 11.5. The van der Waals surface area contributed by atoms with Crippen LogP contribution in [-0.4, -0.2) is 182 Å². The Morgan fingerprint density at radius 3 is 0.774 bits per heavy atom. The van der Waals surface area contributed by atoms with Crippen LogP contribution >= 0.6 is 0 Å². The number of ether oxygens (including phenoxy) is 13. The van der Waals surface area contributed by atoms with Gasteiger partial charge in [-0.15, -0.1) is 0 Å². The minimum absolute atomic E-state index is 0.0596. The van der Waals surface area contributed by atoms with E-state index < -0.39 is 5.97 Å². The molecule has 0 bridgehead atoms. The van der Waals surface area contributed by atoms with E-state index in [1.807, 2.05) is 0 Å². The van der Waals surface area contributed by atoms with Crippen molar-refractivity contribution in [3.05, 3.63) is 0 Å². The number of carboxylic acid groups (broad SMARTS) is 1. The first kappa shape index (κ1) is 60.5. The fraction of sp³-hybridized carbons (Fsp3) is 0.957. The Bertz CT molecular complexity index is 871. The summed E-state index contributed by atoms with van der Waals surface area (Å²) in [5, 5.41) is 8.57. The van der Waals surface area contributed by atoms with E-state index in [9.17, 15) is 9.59 Å². The summed E-state index contributed by atoms with van der Waals surface area (Å²) in [4.78, 5) is 21.9. The van der Waals surface area contributed by atoms with Crippen molar-refractivity contribution in [1.29, 1.82) is 0 Å². The van der Waals surface area contributed by atoms with Gasteiger partial charge in [-0.1, -0.05) is 90.4 Å². The molecule has 0 aromatic rings. The largest absolute Gasteiger partial charge is 0.481 e. The lowest BCUT2D eigenvalue weighted by molar-refractivity contribution is -0.146. The lowest BCUT2D eigenvalue weighted by atomic mass is 10.0. The maximum absolute atomic E-state index is 11.5. The van der Waals surface area contributed by atoms with Gasteiger partial charge in [-0.3, -0.25) is 9.59 Å². The third kappa shape index (κ3) is 56.5. The topological polar surface area (TPSA) is 174 Å². The number of hydrogen-bond donors (Lipinski definition) is 1. The maximum Gasteiger partial charge on any atom is 0.305 e. The number of aliphatic carboxylic acids is 1. The van der Waals surface area contributed by atoms with Gasteiger partial charge in [0, 0.05) is 19.4 Å². The Labute approximate surface area is 375 Å². The average molecular weight is 899 g/mol. The van der Waals surface area contributed by atoms with Crippen molar-refractivity contribution in [3.63, 3.8) is 0 Å². The summed E-state index contributed by atoms with van der Waals surface area (Å²) in [7, 11) is 0. The van der Waals surface area contributed by atoms with Crippen LogP contribution in [0, 0.1) is 0 Å². The summed E-state index contributed by atoms with van der Waals surface area (Å²) >= 11 is 0. The van der Waals surface area contributed by atoms with E-state index >= 15 is 0 Å². The predicted octanol–water partition coefficient (Wildman–Crippen LogP) is 6.86. The average Bonchev–Trinajstić information content (AvgIpc) is 3.27. The molecule has 62 heavy (non-hydrogen) atoms. The summed E-state index contributed by atoms with van der Waals surface area (Å²) in [6, 6.07) is 0.